The largest absolute Gasteiger partial charge is 0.383 e. The van der Waals surface area contributed by atoms with Gasteiger partial charge in [0.1, 0.15) is 11.9 Å². The fourth-order valence-corrected chi connectivity index (χ4v) is 5.91. The van der Waals surface area contributed by atoms with Crippen molar-refractivity contribution < 1.29 is 17.6 Å². The second-order valence-corrected chi connectivity index (χ2v) is 11.3. The van der Waals surface area contributed by atoms with E-state index < -0.39 is 21.8 Å². The number of carbonyl (C=O) groups excluding carboxylic acids is 1. The zero-order chi connectivity index (χ0) is 27.4. The zero-order valence-corrected chi connectivity index (χ0v) is 22.6. The van der Waals surface area contributed by atoms with E-state index in [1.54, 1.807) is 12.1 Å². The van der Waals surface area contributed by atoms with Gasteiger partial charge in [-0.05, 0) is 79.9 Å². The van der Waals surface area contributed by atoms with Crippen molar-refractivity contribution in [2.45, 2.75) is 30.7 Å². The monoisotopic (exact) mass is 560 g/mol. The van der Waals surface area contributed by atoms with Gasteiger partial charge in [-0.15, -0.1) is 4.40 Å². The topological polar surface area (TPSA) is 123 Å². The van der Waals surface area contributed by atoms with E-state index in [1.165, 1.54) is 17.7 Å². The molecule has 9 nitrogen and oxygen atoms in total. The minimum Gasteiger partial charge on any atom is -0.383 e. The second kappa shape index (κ2) is 11.5. The Bertz CT molecular complexity index is 1370. The molecule has 38 heavy (non-hydrogen) atoms. The molecule has 2 aliphatic heterocycles. The molecular weight excluding hydrogens is 531 g/mol. The van der Waals surface area contributed by atoms with Crippen LogP contribution in [0.2, 0.25) is 5.02 Å². The van der Waals surface area contributed by atoms with Gasteiger partial charge in [0.05, 0.1) is 4.90 Å². The van der Waals surface area contributed by atoms with Crippen molar-refractivity contribution in [2.75, 3.05) is 42.5 Å². The third-order valence-corrected chi connectivity index (χ3v) is 8.29. The molecule has 4 rings (SSSR count). The van der Waals surface area contributed by atoms with Gasteiger partial charge in [-0.3, -0.25) is 10.2 Å². The number of fused-ring (bicyclic) bond motifs is 1. The third-order valence-electron chi connectivity index (χ3n) is 6.74. The summed E-state index contributed by atoms with van der Waals surface area (Å²) in [7, 11) is -4.08. The molecule has 0 aliphatic carbocycles. The van der Waals surface area contributed by atoms with Crippen LogP contribution < -0.4 is 15.5 Å². The first-order valence-corrected chi connectivity index (χ1v) is 14.1. The minimum absolute atomic E-state index is 0.0568. The molecule has 2 aliphatic rings. The lowest BCUT2D eigenvalue weighted by Crippen LogP contribution is -2.55. The maximum absolute atomic E-state index is 13.4. The second-order valence-electron chi connectivity index (χ2n) is 9.22. The summed E-state index contributed by atoms with van der Waals surface area (Å²) in [6.45, 7) is 5.11. The van der Waals surface area contributed by atoms with Crippen molar-refractivity contribution in [3.63, 3.8) is 0 Å². The van der Waals surface area contributed by atoms with E-state index in [1.807, 2.05) is 30.0 Å². The molecule has 0 radical (unpaired) electrons. The van der Waals surface area contributed by atoms with Crippen molar-refractivity contribution in [1.82, 2.24) is 4.90 Å². The third kappa shape index (κ3) is 6.33. The Morgan fingerprint density at radius 3 is 2.45 bits per heavy atom. The van der Waals surface area contributed by atoms with Crippen LogP contribution in [0, 0.1) is 5.41 Å². The first-order chi connectivity index (χ1) is 18.0. The number of allylic oxidation sites excluding steroid dienone is 1. The van der Waals surface area contributed by atoms with Crippen molar-refractivity contribution in [1.29, 1.82) is 5.41 Å². The lowest BCUT2D eigenvalue weighted by atomic mass is 10.00. The van der Waals surface area contributed by atoms with E-state index in [9.17, 15) is 17.6 Å². The Kier molecular flexibility index (Phi) is 8.37. The van der Waals surface area contributed by atoms with Crippen LogP contribution in [0.3, 0.4) is 0 Å². The van der Waals surface area contributed by atoms with E-state index in [0.29, 0.717) is 37.3 Å². The highest BCUT2D eigenvalue weighted by molar-refractivity contribution is 7.90. The van der Waals surface area contributed by atoms with Crippen molar-refractivity contribution in [3.05, 3.63) is 65.2 Å². The van der Waals surface area contributed by atoms with Gasteiger partial charge in [0, 0.05) is 49.1 Å². The molecule has 0 spiro atoms. The molecule has 12 heteroatoms. The number of anilines is 2. The standard InChI is InChI=1S/C26H30ClFN6O3S/c1-18(34-12-2-3-19-17-20(27)4-9-23(19)34)26(35)33-15-13-32(14-16-33)21-5-7-22(8-6-21)38(36,37)31-25(30)11-10-24(28)29/h4-11,17-18,29H,2-3,12-16H2,1H3,(H2,30,31)/b11-10-,29-24?/t18-/m1/s1. The van der Waals surface area contributed by atoms with Crippen LogP contribution in [0.4, 0.5) is 15.8 Å². The Morgan fingerprint density at radius 1 is 1.11 bits per heavy atom. The van der Waals surface area contributed by atoms with Gasteiger partial charge in [-0.1, -0.05) is 11.6 Å². The number of piperazine rings is 1. The summed E-state index contributed by atoms with van der Waals surface area (Å²) >= 11 is 6.17. The molecule has 1 atom stereocenters. The van der Waals surface area contributed by atoms with Gasteiger partial charge in [-0.25, -0.2) is 0 Å². The minimum atomic E-state index is -4.08. The van der Waals surface area contributed by atoms with E-state index in [4.69, 9.17) is 22.7 Å². The average Bonchev–Trinajstić information content (AvgIpc) is 2.90. The lowest BCUT2D eigenvalue weighted by molar-refractivity contribution is -0.132. The summed E-state index contributed by atoms with van der Waals surface area (Å²) in [5, 5.41) is 7.40. The molecule has 1 saturated heterocycles. The van der Waals surface area contributed by atoms with Crippen LogP contribution >= 0.6 is 11.6 Å². The number of hydrogen-bond acceptors (Lipinski definition) is 6. The number of nitrogens with zero attached hydrogens (tertiary/aromatic N) is 4. The van der Waals surface area contributed by atoms with Crippen molar-refractivity contribution in [2.24, 2.45) is 10.1 Å². The fourth-order valence-electron chi connectivity index (χ4n) is 4.79. The number of amidine groups is 1. The highest BCUT2D eigenvalue weighted by Crippen LogP contribution is 2.31. The van der Waals surface area contributed by atoms with Gasteiger partial charge in [0.2, 0.25) is 11.9 Å². The number of aryl methyl sites for hydroxylation is 1. The molecule has 0 bridgehead atoms. The van der Waals surface area contributed by atoms with Gasteiger partial charge in [0.15, 0.2) is 0 Å². The van der Waals surface area contributed by atoms with Gasteiger partial charge < -0.3 is 20.4 Å². The molecule has 1 amide bonds. The summed E-state index contributed by atoms with van der Waals surface area (Å²) in [4.78, 5) is 19.4. The van der Waals surface area contributed by atoms with E-state index in [2.05, 4.69) is 14.2 Å². The Morgan fingerprint density at radius 2 is 1.79 bits per heavy atom. The Balaban J connectivity index is 1.37. The van der Waals surface area contributed by atoms with E-state index in [0.717, 1.165) is 36.8 Å². The van der Waals surface area contributed by atoms with Crippen molar-refractivity contribution >= 4 is 50.7 Å². The number of hydrogen-bond donors (Lipinski definition) is 2. The highest BCUT2D eigenvalue weighted by Gasteiger charge is 2.31. The normalized spacial score (nSPS) is 17.4. The lowest BCUT2D eigenvalue weighted by Gasteiger charge is -2.41. The zero-order valence-electron chi connectivity index (χ0n) is 21.0. The number of benzene rings is 2. The molecule has 2 aromatic rings. The summed E-state index contributed by atoms with van der Waals surface area (Å²) in [6, 6.07) is 11.8. The summed E-state index contributed by atoms with van der Waals surface area (Å²) in [5.74, 6) is -1.60. The number of nitrogens with two attached hydrogens (primary N) is 1. The van der Waals surface area contributed by atoms with Crippen LogP contribution in [0.15, 0.2) is 63.9 Å². The molecular formula is C26H30ClFN6O3S. The molecule has 2 heterocycles. The summed E-state index contributed by atoms with van der Waals surface area (Å²) in [6.07, 6.45) is 3.55. The maximum Gasteiger partial charge on any atom is 0.284 e. The number of sulfonamides is 1. The molecule has 0 aromatic heterocycles. The molecule has 0 saturated carbocycles. The predicted octanol–water partition coefficient (Wildman–Crippen LogP) is 3.38. The fraction of sp³-hybridized carbons (Fsp3) is 0.346. The van der Waals surface area contributed by atoms with Gasteiger partial charge >= 0.3 is 0 Å². The summed E-state index contributed by atoms with van der Waals surface area (Å²) < 4.78 is 40.9. The quantitative estimate of drug-likeness (QED) is 0.395. The van der Waals surface area contributed by atoms with Gasteiger partial charge in [-0.2, -0.15) is 12.8 Å². The van der Waals surface area contributed by atoms with Crippen LogP contribution in [0.5, 0.6) is 0 Å². The predicted molar refractivity (Wildman–Crippen MR) is 149 cm³/mol. The van der Waals surface area contributed by atoms with Crippen LogP contribution in [0.25, 0.3) is 0 Å². The van der Waals surface area contributed by atoms with E-state index >= 15 is 0 Å². The average molecular weight is 561 g/mol. The first kappa shape index (κ1) is 27.6. The molecule has 3 N–H and O–H groups in total. The van der Waals surface area contributed by atoms with Gasteiger partial charge in [0.25, 0.3) is 10.0 Å². The maximum atomic E-state index is 13.4. The van der Waals surface area contributed by atoms with Crippen LogP contribution in [-0.4, -0.2) is 69.8 Å². The number of halogens is 2. The van der Waals surface area contributed by atoms with Crippen LogP contribution in [0.1, 0.15) is 18.9 Å². The first-order valence-electron chi connectivity index (χ1n) is 12.3. The molecule has 202 valence electrons. The Labute approximate surface area is 226 Å². The SMILES string of the molecule is C[C@H](C(=O)N1CCN(c2ccc(S(=O)(=O)N=C(N)/C=C\C(=N)F)cc2)CC1)N1CCCc2cc(Cl)ccc21. The smallest absolute Gasteiger partial charge is 0.284 e. The Hall–Kier alpha value is -3.44. The van der Waals surface area contributed by atoms with E-state index in [-0.39, 0.29) is 16.8 Å². The molecule has 1 fully saturated rings. The number of rotatable bonds is 7. The number of nitrogens with one attached hydrogen (secondary N) is 1. The number of carbonyl (C=O) groups is 1. The molecule has 0 unspecified atom stereocenters. The highest BCUT2D eigenvalue weighted by atomic mass is 35.5. The number of amides is 1. The van der Waals surface area contributed by atoms with Crippen LogP contribution in [-0.2, 0) is 21.2 Å². The molecule has 2 aromatic carbocycles. The van der Waals surface area contributed by atoms with Crippen molar-refractivity contribution in [3.8, 4) is 0 Å². The summed E-state index contributed by atoms with van der Waals surface area (Å²) in [5.41, 5.74) is 8.57.